The number of aliphatic hydroxyl groups is 1. The molecule has 1 fully saturated rings. The van der Waals surface area contributed by atoms with Crippen molar-refractivity contribution >= 4 is 11.7 Å². The molecule has 20 heavy (non-hydrogen) atoms. The van der Waals surface area contributed by atoms with Gasteiger partial charge < -0.3 is 15.7 Å². The fraction of sp³-hybridized carbons (Fsp3) is 0.692. The number of piperazine rings is 1. The predicted octanol–water partition coefficient (Wildman–Crippen LogP) is -0.620. The minimum Gasteiger partial charge on any atom is -0.389 e. The second-order valence-corrected chi connectivity index (χ2v) is 5.91. The van der Waals surface area contributed by atoms with Gasteiger partial charge >= 0.3 is 0 Å². The molecule has 1 saturated heterocycles. The lowest BCUT2D eigenvalue weighted by molar-refractivity contribution is -0.134. The molecule has 0 aliphatic carbocycles. The van der Waals surface area contributed by atoms with Crippen LogP contribution in [-0.2, 0) is 11.3 Å². The first-order valence-corrected chi connectivity index (χ1v) is 6.85. The van der Waals surface area contributed by atoms with E-state index < -0.39 is 5.60 Å². The van der Waals surface area contributed by atoms with E-state index in [-0.39, 0.29) is 12.5 Å². The molecule has 1 aliphatic heterocycles. The summed E-state index contributed by atoms with van der Waals surface area (Å²) >= 11 is 0. The molecule has 0 atom stereocenters. The van der Waals surface area contributed by atoms with Crippen molar-refractivity contribution in [2.75, 3.05) is 38.5 Å². The maximum absolute atomic E-state index is 12.1. The summed E-state index contributed by atoms with van der Waals surface area (Å²) in [6, 6.07) is 1.68. The minimum absolute atomic E-state index is 0.0519. The van der Waals surface area contributed by atoms with Gasteiger partial charge in [-0.2, -0.15) is 5.10 Å². The van der Waals surface area contributed by atoms with Crippen molar-refractivity contribution in [3.63, 3.8) is 0 Å². The van der Waals surface area contributed by atoms with E-state index in [0.717, 1.165) is 13.1 Å². The summed E-state index contributed by atoms with van der Waals surface area (Å²) in [4.78, 5) is 16.1. The average molecular weight is 281 g/mol. The highest BCUT2D eigenvalue weighted by molar-refractivity contribution is 5.76. The Morgan fingerprint density at radius 2 is 2.05 bits per heavy atom. The number of carbonyl (C=O) groups excluding carboxylic acids is 1. The van der Waals surface area contributed by atoms with Gasteiger partial charge in [0.25, 0.3) is 0 Å². The number of nitrogens with zero attached hydrogens (tertiary/aromatic N) is 4. The first kappa shape index (κ1) is 14.8. The van der Waals surface area contributed by atoms with Crippen LogP contribution < -0.4 is 5.73 Å². The van der Waals surface area contributed by atoms with Crippen LogP contribution in [0.1, 0.15) is 13.8 Å². The molecule has 1 aromatic heterocycles. The maximum Gasteiger partial charge on any atom is 0.244 e. The third-order valence-corrected chi connectivity index (χ3v) is 3.29. The predicted molar refractivity (Wildman–Crippen MR) is 76.0 cm³/mol. The molecule has 0 radical (unpaired) electrons. The number of hydrogen-bond donors (Lipinski definition) is 2. The Labute approximate surface area is 118 Å². The molecule has 2 heterocycles. The molecule has 0 unspecified atom stereocenters. The zero-order chi connectivity index (χ0) is 14.8. The van der Waals surface area contributed by atoms with Gasteiger partial charge in [0.15, 0.2) is 0 Å². The number of nitrogen functional groups attached to an aromatic ring is 1. The highest BCUT2D eigenvalue weighted by atomic mass is 16.3. The number of hydrogen-bond acceptors (Lipinski definition) is 5. The SMILES string of the molecule is CC(C)(O)CN1CCN(C(=O)Cn2ccc(N)n2)CC1. The van der Waals surface area contributed by atoms with E-state index in [1.807, 2.05) is 4.90 Å². The standard InChI is InChI=1S/C13H23N5O2/c1-13(2,20)10-16-5-7-17(8-6-16)12(19)9-18-4-3-11(14)15-18/h3-4,20H,5-10H2,1-2H3,(H2,14,15). The number of β-amino-alcohol motifs (C(OH)–C–C–N with tert-alkyl or cyclic N) is 1. The second kappa shape index (κ2) is 5.80. The Hall–Kier alpha value is -1.60. The van der Waals surface area contributed by atoms with Gasteiger partial charge in [-0.15, -0.1) is 0 Å². The summed E-state index contributed by atoms with van der Waals surface area (Å²) < 4.78 is 1.56. The molecule has 0 aromatic carbocycles. The lowest BCUT2D eigenvalue weighted by atomic mass is 10.1. The topological polar surface area (TPSA) is 87.6 Å². The summed E-state index contributed by atoms with van der Waals surface area (Å²) in [6.07, 6.45) is 1.71. The second-order valence-electron chi connectivity index (χ2n) is 5.91. The summed E-state index contributed by atoms with van der Waals surface area (Å²) in [7, 11) is 0. The molecule has 0 saturated carbocycles. The third kappa shape index (κ3) is 4.21. The number of amides is 1. The van der Waals surface area contributed by atoms with E-state index in [9.17, 15) is 9.90 Å². The Kier molecular flexibility index (Phi) is 4.29. The van der Waals surface area contributed by atoms with Crippen molar-refractivity contribution < 1.29 is 9.90 Å². The summed E-state index contributed by atoms with van der Waals surface area (Å²) in [5.41, 5.74) is 4.83. The highest BCUT2D eigenvalue weighted by Crippen LogP contribution is 2.09. The fourth-order valence-corrected chi connectivity index (χ4v) is 2.41. The van der Waals surface area contributed by atoms with Gasteiger partial charge in [-0.25, -0.2) is 0 Å². The van der Waals surface area contributed by atoms with Crippen molar-refractivity contribution in [1.29, 1.82) is 0 Å². The smallest absolute Gasteiger partial charge is 0.244 e. The van der Waals surface area contributed by atoms with Crippen LogP contribution in [0.2, 0.25) is 0 Å². The summed E-state index contributed by atoms with van der Waals surface area (Å²) in [5, 5.41) is 13.8. The minimum atomic E-state index is -0.696. The van der Waals surface area contributed by atoms with Crippen LogP contribution in [0.25, 0.3) is 0 Å². The van der Waals surface area contributed by atoms with Crippen molar-refractivity contribution in [2.24, 2.45) is 0 Å². The Balaban J connectivity index is 1.80. The van der Waals surface area contributed by atoms with Gasteiger partial charge in [-0.05, 0) is 19.9 Å². The summed E-state index contributed by atoms with van der Waals surface area (Å²) in [5.74, 6) is 0.476. The molecule has 3 N–H and O–H groups in total. The average Bonchev–Trinajstić information content (AvgIpc) is 2.73. The number of rotatable bonds is 4. The van der Waals surface area contributed by atoms with Crippen molar-refractivity contribution in [2.45, 2.75) is 26.0 Å². The number of aromatic nitrogens is 2. The maximum atomic E-state index is 12.1. The monoisotopic (exact) mass is 281 g/mol. The molecule has 112 valence electrons. The quantitative estimate of drug-likeness (QED) is 0.768. The molecule has 1 aromatic rings. The fourth-order valence-electron chi connectivity index (χ4n) is 2.41. The largest absolute Gasteiger partial charge is 0.389 e. The first-order chi connectivity index (χ1) is 9.33. The lowest BCUT2D eigenvalue weighted by Crippen LogP contribution is -2.52. The molecule has 2 rings (SSSR count). The van der Waals surface area contributed by atoms with Crippen molar-refractivity contribution in [3.05, 3.63) is 12.3 Å². The van der Waals surface area contributed by atoms with Gasteiger partial charge in [-0.1, -0.05) is 0 Å². The van der Waals surface area contributed by atoms with Crippen LogP contribution in [0, 0.1) is 0 Å². The Bertz CT molecular complexity index is 458. The van der Waals surface area contributed by atoms with Crippen molar-refractivity contribution in [1.82, 2.24) is 19.6 Å². The van der Waals surface area contributed by atoms with Crippen LogP contribution >= 0.6 is 0 Å². The van der Waals surface area contributed by atoms with Crippen molar-refractivity contribution in [3.8, 4) is 0 Å². The number of nitrogens with two attached hydrogens (primary N) is 1. The number of carbonyl (C=O) groups is 1. The van der Waals surface area contributed by atoms with E-state index >= 15 is 0 Å². The van der Waals surface area contributed by atoms with E-state index in [1.54, 1.807) is 30.8 Å². The molecule has 1 amide bonds. The molecule has 7 heteroatoms. The van der Waals surface area contributed by atoms with E-state index in [0.29, 0.717) is 25.5 Å². The van der Waals surface area contributed by atoms with Gasteiger partial charge in [0, 0.05) is 38.9 Å². The van der Waals surface area contributed by atoms with Crippen LogP contribution in [0.4, 0.5) is 5.82 Å². The van der Waals surface area contributed by atoms with Crippen LogP contribution in [-0.4, -0.2) is 68.9 Å². The van der Waals surface area contributed by atoms with Gasteiger partial charge in [0.1, 0.15) is 12.4 Å². The molecule has 0 spiro atoms. The number of anilines is 1. The normalized spacial score (nSPS) is 17.4. The molecular weight excluding hydrogens is 258 g/mol. The van der Waals surface area contributed by atoms with Gasteiger partial charge in [-0.3, -0.25) is 14.4 Å². The van der Waals surface area contributed by atoms with Gasteiger partial charge in [0.05, 0.1) is 5.60 Å². The lowest BCUT2D eigenvalue weighted by Gasteiger charge is -2.37. The van der Waals surface area contributed by atoms with E-state index in [2.05, 4.69) is 10.00 Å². The molecule has 1 aliphatic rings. The van der Waals surface area contributed by atoms with Crippen LogP contribution in [0.3, 0.4) is 0 Å². The van der Waals surface area contributed by atoms with E-state index in [1.165, 1.54) is 0 Å². The van der Waals surface area contributed by atoms with Crippen LogP contribution in [0.5, 0.6) is 0 Å². The van der Waals surface area contributed by atoms with E-state index in [4.69, 9.17) is 5.73 Å². The molecule has 0 bridgehead atoms. The Morgan fingerprint density at radius 3 is 2.55 bits per heavy atom. The Morgan fingerprint density at radius 1 is 1.40 bits per heavy atom. The third-order valence-electron chi connectivity index (χ3n) is 3.29. The van der Waals surface area contributed by atoms with Gasteiger partial charge in [0.2, 0.25) is 5.91 Å². The van der Waals surface area contributed by atoms with Crippen LogP contribution in [0.15, 0.2) is 12.3 Å². The summed E-state index contributed by atoms with van der Waals surface area (Å²) in [6.45, 7) is 7.40. The zero-order valence-electron chi connectivity index (χ0n) is 12.1. The highest BCUT2D eigenvalue weighted by Gasteiger charge is 2.25. The zero-order valence-corrected chi connectivity index (χ0v) is 12.1. The first-order valence-electron chi connectivity index (χ1n) is 6.85. The molecule has 7 nitrogen and oxygen atoms in total. The molecular formula is C13H23N5O2.